The minimum atomic E-state index is -1.27. The van der Waals surface area contributed by atoms with Gasteiger partial charge in [0.1, 0.15) is 0 Å². The van der Waals surface area contributed by atoms with Crippen LogP contribution in [-0.2, 0) is 18.0 Å². The Morgan fingerprint density at radius 3 is 1.67 bits per heavy atom. The summed E-state index contributed by atoms with van der Waals surface area (Å²) in [6, 6.07) is 0. The third-order valence-corrected chi connectivity index (χ3v) is 7.29. The van der Waals surface area contributed by atoms with Crippen molar-refractivity contribution in [3.05, 3.63) is 0 Å². The van der Waals surface area contributed by atoms with E-state index in [-0.39, 0.29) is 0 Å². The number of rotatable bonds is 9. The summed E-state index contributed by atoms with van der Waals surface area (Å²) in [5.74, 6) is 0. The van der Waals surface area contributed by atoms with Gasteiger partial charge in [-0.3, -0.25) is 0 Å². The lowest BCUT2D eigenvalue weighted by molar-refractivity contribution is 0.173. The third-order valence-electron chi connectivity index (χ3n) is 1.53. The van der Waals surface area contributed by atoms with E-state index in [1.165, 1.54) is 0 Å². The van der Waals surface area contributed by atoms with Gasteiger partial charge in [-0.15, -0.1) is 0 Å². The highest BCUT2D eigenvalue weighted by Crippen LogP contribution is 1.89. The Hall–Kier alpha value is -0.206. The Kier molecular flexibility index (Phi) is 10.2. The molecule has 6 heteroatoms. The predicted molar refractivity (Wildman–Crippen MR) is 62.9 cm³/mol. The molecule has 0 spiro atoms. The van der Waals surface area contributed by atoms with Crippen molar-refractivity contribution in [1.82, 2.24) is 0 Å². The zero-order valence-electron chi connectivity index (χ0n) is 10.2. The van der Waals surface area contributed by atoms with Crippen LogP contribution in [0, 0.1) is 0 Å². The number of hydrogen-bond donors (Lipinski definition) is 0. The summed E-state index contributed by atoms with van der Waals surface area (Å²) in [5.41, 5.74) is 0. The molecule has 0 bridgehead atoms. The van der Waals surface area contributed by atoms with E-state index >= 15 is 0 Å². The van der Waals surface area contributed by atoms with E-state index < -0.39 is 16.5 Å². The molecular weight excluding hydrogens is 228 g/mol. The molecule has 0 fully saturated rings. The molecule has 0 saturated carbocycles. The summed E-state index contributed by atoms with van der Waals surface area (Å²) in [4.78, 5) is 0. The molecular formula is C9H22O4Si2. The van der Waals surface area contributed by atoms with Gasteiger partial charge in [0.2, 0.25) is 0 Å². The molecule has 0 heterocycles. The van der Waals surface area contributed by atoms with Crippen molar-refractivity contribution in [2.75, 3.05) is 32.7 Å². The van der Waals surface area contributed by atoms with E-state index in [0.717, 1.165) is 0 Å². The Morgan fingerprint density at radius 2 is 1.27 bits per heavy atom. The van der Waals surface area contributed by atoms with Crippen molar-refractivity contribution < 1.29 is 18.0 Å². The summed E-state index contributed by atoms with van der Waals surface area (Å²) >= 11 is 0. The molecule has 0 amide bonds. The Labute approximate surface area is 95.4 Å². The van der Waals surface area contributed by atoms with Gasteiger partial charge in [-0.2, -0.15) is 0 Å². The van der Waals surface area contributed by atoms with Gasteiger partial charge in [0.25, 0.3) is 0 Å². The largest absolute Gasteiger partial charge is 0.548 e. The molecule has 0 aliphatic heterocycles. The normalized spacial score (nSPS) is 9.60. The van der Waals surface area contributed by atoms with Gasteiger partial charge in [-0.1, -0.05) is 0 Å². The highest BCUT2D eigenvalue weighted by atomic mass is 28.9. The average molecular weight is 250 g/mol. The fourth-order valence-corrected chi connectivity index (χ4v) is 6.26. The Bertz CT molecular complexity index is 177. The van der Waals surface area contributed by atoms with E-state index in [1.54, 1.807) is 0 Å². The second kappa shape index (κ2) is 10.3. The molecule has 0 aromatic rings. The SMILES string of the molecule is CCOC[Si](OCC)=[Si](OCC)OCC. The van der Waals surface area contributed by atoms with Crippen molar-refractivity contribution in [2.45, 2.75) is 27.7 Å². The summed E-state index contributed by atoms with van der Waals surface area (Å²) in [6.45, 7) is 10.7. The standard InChI is InChI=1S/C9H22O4Si2/c1-5-10-9-14(11-6-2)15(12-7-3)13-8-4/h5-9H2,1-4H3. The van der Waals surface area contributed by atoms with Crippen molar-refractivity contribution >= 4 is 16.5 Å². The molecule has 0 saturated heterocycles. The first-order valence-corrected chi connectivity index (χ1v) is 9.42. The summed E-state index contributed by atoms with van der Waals surface area (Å²) in [5, 5.41) is 0. The van der Waals surface area contributed by atoms with Crippen LogP contribution in [0.1, 0.15) is 27.7 Å². The van der Waals surface area contributed by atoms with Gasteiger partial charge in [0.15, 0.2) is 0 Å². The predicted octanol–water partition coefficient (Wildman–Crippen LogP) is 1.23. The van der Waals surface area contributed by atoms with Crippen LogP contribution in [-0.4, -0.2) is 49.2 Å². The lowest BCUT2D eigenvalue weighted by atomic mass is 10.9. The minimum Gasteiger partial charge on any atom is -0.548 e. The lowest BCUT2D eigenvalue weighted by Gasteiger charge is -2.13. The first-order chi connectivity index (χ1) is 7.29. The first-order valence-electron chi connectivity index (χ1n) is 5.49. The van der Waals surface area contributed by atoms with E-state index in [9.17, 15) is 0 Å². The van der Waals surface area contributed by atoms with Crippen molar-refractivity contribution in [3.8, 4) is 0 Å². The Morgan fingerprint density at radius 1 is 0.733 bits per heavy atom. The Balaban J connectivity index is 4.45. The van der Waals surface area contributed by atoms with E-state index in [0.29, 0.717) is 32.7 Å². The average Bonchev–Trinajstić information content (AvgIpc) is 2.24. The monoisotopic (exact) mass is 250 g/mol. The fourth-order valence-electron chi connectivity index (χ4n) is 0.993. The molecule has 90 valence electrons. The third kappa shape index (κ3) is 6.80. The van der Waals surface area contributed by atoms with Crippen LogP contribution in [0.2, 0.25) is 0 Å². The highest BCUT2D eigenvalue weighted by molar-refractivity contribution is 6.86. The second-order valence-electron chi connectivity index (χ2n) is 2.65. The van der Waals surface area contributed by atoms with Gasteiger partial charge >= 0.3 is 16.5 Å². The lowest BCUT2D eigenvalue weighted by Crippen LogP contribution is -2.32. The van der Waals surface area contributed by atoms with Gasteiger partial charge in [0, 0.05) is 6.61 Å². The summed E-state index contributed by atoms with van der Waals surface area (Å²) in [7, 11) is -2.35. The molecule has 0 aromatic carbocycles. The van der Waals surface area contributed by atoms with E-state index in [1.807, 2.05) is 27.7 Å². The zero-order chi connectivity index (χ0) is 11.5. The molecule has 4 nitrogen and oxygen atoms in total. The van der Waals surface area contributed by atoms with Gasteiger partial charge in [-0.25, -0.2) is 0 Å². The number of hydrogen-bond acceptors (Lipinski definition) is 4. The van der Waals surface area contributed by atoms with Crippen LogP contribution in [0.25, 0.3) is 0 Å². The molecule has 0 N–H and O–H groups in total. The quantitative estimate of drug-likeness (QED) is 0.577. The van der Waals surface area contributed by atoms with Crippen LogP contribution in [0.3, 0.4) is 0 Å². The van der Waals surface area contributed by atoms with Crippen LogP contribution >= 0.6 is 0 Å². The van der Waals surface area contributed by atoms with Gasteiger partial charge < -0.3 is 18.0 Å². The molecule has 0 atom stereocenters. The molecule has 0 radical (unpaired) electrons. The van der Waals surface area contributed by atoms with Crippen LogP contribution in [0.4, 0.5) is 0 Å². The van der Waals surface area contributed by atoms with Crippen molar-refractivity contribution in [2.24, 2.45) is 0 Å². The summed E-state index contributed by atoms with van der Waals surface area (Å²) < 4.78 is 22.3. The molecule has 0 aliphatic rings. The first kappa shape index (κ1) is 14.8. The molecule has 15 heavy (non-hydrogen) atoms. The minimum absolute atomic E-state index is 0.656. The van der Waals surface area contributed by atoms with E-state index in [4.69, 9.17) is 18.0 Å². The topological polar surface area (TPSA) is 36.9 Å². The smallest absolute Gasteiger partial charge is 0.486 e. The van der Waals surface area contributed by atoms with Crippen molar-refractivity contribution in [3.63, 3.8) is 0 Å². The van der Waals surface area contributed by atoms with Crippen LogP contribution in [0.5, 0.6) is 0 Å². The maximum Gasteiger partial charge on any atom is 0.486 e. The fraction of sp³-hybridized carbons (Fsp3) is 1.00. The van der Waals surface area contributed by atoms with Crippen LogP contribution < -0.4 is 0 Å². The number of ether oxygens (including phenoxy) is 1. The maximum atomic E-state index is 5.68. The molecule has 0 aromatic heterocycles. The van der Waals surface area contributed by atoms with Crippen molar-refractivity contribution in [1.29, 1.82) is 0 Å². The molecule has 0 rings (SSSR count). The molecule has 0 unspecified atom stereocenters. The maximum absolute atomic E-state index is 5.68. The zero-order valence-corrected chi connectivity index (χ0v) is 12.2. The second-order valence-corrected chi connectivity index (χ2v) is 8.12. The summed E-state index contributed by atoms with van der Waals surface area (Å²) in [6.07, 6.45) is 0.656. The van der Waals surface area contributed by atoms with Crippen LogP contribution in [0.15, 0.2) is 0 Å². The molecule has 0 aliphatic carbocycles. The highest BCUT2D eigenvalue weighted by Gasteiger charge is 2.17. The van der Waals surface area contributed by atoms with Gasteiger partial charge in [0.05, 0.1) is 26.1 Å². The van der Waals surface area contributed by atoms with Gasteiger partial charge in [-0.05, 0) is 27.7 Å². The van der Waals surface area contributed by atoms with E-state index in [2.05, 4.69) is 0 Å².